The summed E-state index contributed by atoms with van der Waals surface area (Å²) in [6.07, 6.45) is 2.95. The maximum atomic E-state index is 15.8. The molecule has 2 aliphatic heterocycles. The van der Waals surface area contributed by atoms with Crippen LogP contribution in [0.2, 0.25) is 0 Å². The molecule has 0 radical (unpaired) electrons. The molecule has 2 heterocycles. The molecule has 0 aromatic heterocycles. The van der Waals surface area contributed by atoms with Crippen molar-refractivity contribution >= 4 is 33.3 Å². The number of thioether (sulfide) groups is 2. The molecule has 1 saturated carbocycles. The number of benzene rings is 2. The topological polar surface area (TPSA) is 0 Å². The van der Waals surface area contributed by atoms with Crippen LogP contribution in [-0.4, -0.2) is 27.3 Å². The van der Waals surface area contributed by atoms with Crippen LogP contribution in [0.4, 0.5) is 26.3 Å². The summed E-state index contributed by atoms with van der Waals surface area (Å²) in [6.45, 7) is 7.47. The number of allylic oxidation sites excluding steroid dienone is 4. The maximum Gasteiger partial charge on any atom is 0.380 e. The Morgan fingerprint density at radius 3 is 1.18 bits per heavy atom. The highest BCUT2D eigenvalue weighted by Gasteiger charge is 2.85. The highest BCUT2D eigenvalue weighted by atomic mass is 32.2. The van der Waals surface area contributed by atoms with Crippen LogP contribution in [0, 0.1) is 11.8 Å². The van der Waals surface area contributed by atoms with Crippen LogP contribution in [0.25, 0.3) is 9.81 Å². The first kappa shape index (κ1) is 26.9. The first-order valence-corrected chi connectivity index (χ1v) is 14.4. The van der Waals surface area contributed by atoms with E-state index in [-0.39, 0.29) is 23.0 Å². The lowest BCUT2D eigenvalue weighted by Crippen LogP contribution is -2.58. The van der Waals surface area contributed by atoms with Crippen molar-refractivity contribution in [3.05, 3.63) is 106 Å². The molecule has 8 heteroatoms. The van der Waals surface area contributed by atoms with Crippen LogP contribution < -0.4 is 0 Å². The van der Waals surface area contributed by atoms with Crippen molar-refractivity contribution in [1.29, 1.82) is 0 Å². The van der Waals surface area contributed by atoms with E-state index in [0.29, 0.717) is 9.81 Å². The predicted molar refractivity (Wildman–Crippen MR) is 148 cm³/mol. The van der Waals surface area contributed by atoms with E-state index in [4.69, 9.17) is 0 Å². The quantitative estimate of drug-likeness (QED) is 0.332. The van der Waals surface area contributed by atoms with Crippen molar-refractivity contribution in [3.8, 4) is 0 Å². The second-order valence-electron chi connectivity index (χ2n) is 11.0. The molecule has 39 heavy (non-hydrogen) atoms. The van der Waals surface area contributed by atoms with Crippen molar-refractivity contribution in [3.63, 3.8) is 0 Å². The summed E-state index contributed by atoms with van der Waals surface area (Å²) in [5, 5.41) is 0. The smallest absolute Gasteiger partial charge is 0.194 e. The number of hydrogen-bond donors (Lipinski definition) is 0. The molecule has 6 rings (SSSR count). The first-order valence-electron chi connectivity index (χ1n) is 12.8. The van der Waals surface area contributed by atoms with E-state index < -0.39 is 38.4 Å². The molecule has 0 amide bonds. The molecule has 2 aromatic rings. The number of hydrogen-bond acceptors (Lipinski definition) is 2. The third-order valence-electron chi connectivity index (χ3n) is 8.39. The van der Waals surface area contributed by atoms with Gasteiger partial charge in [-0.3, -0.25) is 0 Å². The molecule has 2 aromatic carbocycles. The van der Waals surface area contributed by atoms with Crippen LogP contribution >= 0.6 is 23.5 Å². The van der Waals surface area contributed by atoms with Gasteiger partial charge in [0.1, 0.15) is 0 Å². The Labute approximate surface area is 232 Å². The van der Waals surface area contributed by atoms with Crippen LogP contribution in [0.5, 0.6) is 0 Å². The molecule has 2 atom stereocenters. The molecule has 0 spiro atoms. The van der Waals surface area contributed by atoms with E-state index >= 15 is 26.3 Å². The molecule has 2 unspecified atom stereocenters. The second-order valence-corrected chi connectivity index (χ2v) is 13.6. The summed E-state index contributed by atoms with van der Waals surface area (Å²) in [6, 6.07) is 18.1. The normalized spacial score (nSPS) is 29.9. The van der Waals surface area contributed by atoms with Crippen LogP contribution in [0.1, 0.15) is 38.8 Å². The fraction of sp³-hybridized carbons (Fsp3) is 0.355. The SMILES string of the molecule is CC(C)C12SC(c3ccccc3)=CC1=C1C(=C3C=C(c4ccccc4)SC32C(C)C)C(F)(F)C(F)(F)C1(F)F. The van der Waals surface area contributed by atoms with Gasteiger partial charge in [0, 0.05) is 21.0 Å². The van der Waals surface area contributed by atoms with Gasteiger partial charge in [0.05, 0.1) is 9.49 Å². The van der Waals surface area contributed by atoms with E-state index in [2.05, 4.69) is 0 Å². The average Bonchev–Trinajstić information content (AvgIpc) is 3.52. The Kier molecular flexibility index (Phi) is 5.76. The van der Waals surface area contributed by atoms with Gasteiger partial charge >= 0.3 is 17.8 Å². The predicted octanol–water partition coefficient (Wildman–Crippen LogP) is 9.88. The van der Waals surface area contributed by atoms with Gasteiger partial charge in [-0.1, -0.05) is 88.4 Å². The molecule has 0 N–H and O–H groups in total. The summed E-state index contributed by atoms with van der Waals surface area (Å²) in [5.41, 5.74) is -1.17. The van der Waals surface area contributed by atoms with E-state index in [1.54, 1.807) is 24.3 Å². The Morgan fingerprint density at radius 1 is 0.538 bits per heavy atom. The lowest BCUT2D eigenvalue weighted by molar-refractivity contribution is -0.258. The molecular formula is C31H26F6S2. The van der Waals surface area contributed by atoms with Gasteiger partial charge in [-0.15, -0.1) is 23.5 Å². The van der Waals surface area contributed by atoms with Gasteiger partial charge in [0.15, 0.2) is 0 Å². The largest absolute Gasteiger partial charge is 0.380 e. The van der Waals surface area contributed by atoms with Gasteiger partial charge < -0.3 is 0 Å². The standard InChI is InChI=1S/C31H26F6S2/c1-17(2)27-21(15-23(38-27)19-11-7-5-8-12-19)25-26(30(34,35)31(36,37)29(25,32)33)22-16-24(20-13-9-6-10-14-20)39-28(22,27)18(3)4/h5-18H,1-4H3. The molecular weight excluding hydrogens is 550 g/mol. The highest BCUT2D eigenvalue weighted by molar-refractivity contribution is 8.14. The zero-order valence-electron chi connectivity index (χ0n) is 21.7. The monoisotopic (exact) mass is 576 g/mol. The van der Waals surface area contributed by atoms with Crippen molar-refractivity contribution in [1.82, 2.24) is 0 Å². The zero-order chi connectivity index (χ0) is 28.2. The number of alkyl halides is 6. The minimum absolute atomic E-state index is 0.106. The second kappa shape index (κ2) is 8.35. The van der Waals surface area contributed by atoms with Gasteiger partial charge in [-0.05, 0) is 46.3 Å². The molecule has 0 bridgehead atoms. The summed E-state index contributed by atoms with van der Waals surface area (Å²) < 4.78 is 91.0. The van der Waals surface area contributed by atoms with E-state index in [1.807, 2.05) is 64.1 Å². The zero-order valence-corrected chi connectivity index (χ0v) is 23.3. The average molecular weight is 577 g/mol. The van der Waals surface area contributed by atoms with Crippen LogP contribution in [-0.2, 0) is 0 Å². The molecule has 2 aliphatic carbocycles. The molecule has 204 valence electrons. The maximum absolute atomic E-state index is 15.8. The molecule has 0 nitrogen and oxygen atoms in total. The van der Waals surface area contributed by atoms with Gasteiger partial charge in [0.2, 0.25) is 0 Å². The van der Waals surface area contributed by atoms with E-state index in [1.165, 1.54) is 35.7 Å². The Bertz CT molecular complexity index is 1370. The summed E-state index contributed by atoms with van der Waals surface area (Å²) in [7, 11) is 0. The van der Waals surface area contributed by atoms with Crippen molar-refractivity contribution in [2.45, 2.75) is 55.0 Å². The van der Waals surface area contributed by atoms with Crippen LogP contribution in [0.15, 0.2) is 95.1 Å². The summed E-state index contributed by atoms with van der Waals surface area (Å²) >= 11 is 2.69. The number of halogens is 6. The lowest BCUT2D eigenvalue weighted by atomic mass is 9.62. The third-order valence-corrected chi connectivity index (χ3v) is 12.3. The third kappa shape index (κ3) is 3.08. The Balaban J connectivity index is 1.77. The fourth-order valence-corrected chi connectivity index (χ4v) is 10.5. The highest BCUT2D eigenvalue weighted by Crippen LogP contribution is 2.78. The molecule has 0 saturated heterocycles. The fourth-order valence-electron chi connectivity index (χ4n) is 6.70. The van der Waals surface area contributed by atoms with E-state index in [0.717, 1.165) is 11.1 Å². The van der Waals surface area contributed by atoms with Gasteiger partial charge in [0.25, 0.3) is 0 Å². The Morgan fingerprint density at radius 2 is 0.872 bits per heavy atom. The lowest BCUT2D eigenvalue weighted by Gasteiger charge is -2.55. The van der Waals surface area contributed by atoms with Crippen LogP contribution in [0.3, 0.4) is 0 Å². The summed E-state index contributed by atoms with van der Waals surface area (Å²) in [5.74, 6) is -16.4. The summed E-state index contributed by atoms with van der Waals surface area (Å²) in [4.78, 5) is 1.21. The van der Waals surface area contributed by atoms with Crippen molar-refractivity contribution in [2.75, 3.05) is 0 Å². The number of fused-ring (bicyclic) bond motifs is 4. The van der Waals surface area contributed by atoms with Crippen molar-refractivity contribution in [2.24, 2.45) is 11.8 Å². The number of rotatable bonds is 4. The molecule has 1 fully saturated rings. The Hall–Kier alpha value is -2.32. The minimum atomic E-state index is -5.57. The van der Waals surface area contributed by atoms with E-state index in [9.17, 15) is 0 Å². The van der Waals surface area contributed by atoms with Gasteiger partial charge in [-0.2, -0.15) is 26.3 Å². The molecule has 4 aliphatic rings. The van der Waals surface area contributed by atoms with Gasteiger partial charge in [-0.25, -0.2) is 0 Å². The first-order chi connectivity index (χ1) is 18.2. The minimum Gasteiger partial charge on any atom is -0.194 e. The van der Waals surface area contributed by atoms with Crippen molar-refractivity contribution < 1.29 is 26.3 Å².